The summed E-state index contributed by atoms with van der Waals surface area (Å²) in [6.07, 6.45) is 2.19. The number of nitrogens with one attached hydrogen (secondary N) is 1. The molecular formula is C18H20N4O3S. The van der Waals surface area contributed by atoms with Crippen LogP contribution in [0.4, 0.5) is 4.79 Å². The summed E-state index contributed by atoms with van der Waals surface area (Å²) in [5.74, 6) is 0. The SMILES string of the molecule is O=C(NCc1ccc2nonc2c1)N(Cc1ccsc1)CC1CCCO1. The van der Waals surface area contributed by atoms with E-state index in [2.05, 4.69) is 21.0 Å². The zero-order chi connectivity index (χ0) is 17.8. The Balaban J connectivity index is 1.40. The molecule has 1 unspecified atom stereocenters. The average molecular weight is 372 g/mol. The second kappa shape index (κ2) is 7.84. The summed E-state index contributed by atoms with van der Waals surface area (Å²) in [7, 11) is 0. The summed E-state index contributed by atoms with van der Waals surface area (Å²) in [5, 5.41) is 14.7. The highest BCUT2D eigenvalue weighted by Crippen LogP contribution is 2.17. The van der Waals surface area contributed by atoms with Crippen molar-refractivity contribution in [1.82, 2.24) is 20.5 Å². The molecule has 0 radical (unpaired) electrons. The van der Waals surface area contributed by atoms with E-state index in [-0.39, 0.29) is 12.1 Å². The van der Waals surface area contributed by atoms with Gasteiger partial charge in [-0.15, -0.1) is 0 Å². The van der Waals surface area contributed by atoms with Gasteiger partial charge in [0.25, 0.3) is 0 Å². The normalized spacial score (nSPS) is 16.8. The highest BCUT2D eigenvalue weighted by Gasteiger charge is 2.23. The Morgan fingerprint density at radius 1 is 1.27 bits per heavy atom. The van der Waals surface area contributed by atoms with Gasteiger partial charge in [-0.25, -0.2) is 9.42 Å². The predicted octanol–water partition coefficient (Wildman–Crippen LogP) is 3.18. The van der Waals surface area contributed by atoms with Crippen LogP contribution in [0.3, 0.4) is 0 Å². The maximum atomic E-state index is 12.8. The number of nitrogens with zero attached hydrogens (tertiary/aromatic N) is 3. The average Bonchev–Trinajstić information content (AvgIpc) is 3.40. The van der Waals surface area contributed by atoms with E-state index in [0.29, 0.717) is 30.7 Å². The van der Waals surface area contributed by atoms with Crippen LogP contribution in [0.5, 0.6) is 0 Å². The maximum Gasteiger partial charge on any atom is 0.318 e. The Morgan fingerprint density at radius 2 is 2.19 bits per heavy atom. The monoisotopic (exact) mass is 372 g/mol. The zero-order valence-electron chi connectivity index (χ0n) is 14.3. The second-order valence-corrected chi connectivity index (χ2v) is 7.17. The fourth-order valence-electron chi connectivity index (χ4n) is 3.08. The van der Waals surface area contributed by atoms with Gasteiger partial charge in [0.05, 0.1) is 6.10 Å². The summed E-state index contributed by atoms with van der Waals surface area (Å²) in [6, 6.07) is 7.57. The lowest BCUT2D eigenvalue weighted by atomic mass is 10.2. The summed E-state index contributed by atoms with van der Waals surface area (Å²) in [4.78, 5) is 14.6. The molecule has 2 amide bonds. The van der Waals surface area contributed by atoms with E-state index in [9.17, 15) is 4.79 Å². The lowest BCUT2D eigenvalue weighted by Crippen LogP contribution is -2.43. The Morgan fingerprint density at radius 3 is 3.00 bits per heavy atom. The van der Waals surface area contributed by atoms with Crippen LogP contribution in [-0.2, 0) is 17.8 Å². The van der Waals surface area contributed by atoms with Crippen LogP contribution in [-0.4, -0.2) is 40.5 Å². The van der Waals surface area contributed by atoms with Gasteiger partial charge < -0.3 is 15.0 Å². The molecule has 26 heavy (non-hydrogen) atoms. The molecule has 0 bridgehead atoms. The zero-order valence-corrected chi connectivity index (χ0v) is 15.1. The van der Waals surface area contributed by atoms with Gasteiger partial charge in [0.1, 0.15) is 11.0 Å². The Labute approximate surface area is 154 Å². The lowest BCUT2D eigenvalue weighted by Gasteiger charge is -2.25. The minimum Gasteiger partial charge on any atom is -0.376 e. The molecular weight excluding hydrogens is 352 g/mol. The number of ether oxygens (including phenoxy) is 1. The number of rotatable bonds is 6. The predicted molar refractivity (Wildman–Crippen MR) is 97.7 cm³/mol. The molecule has 0 aliphatic carbocycles. The minimum absolute atomic E-state index is 0.0925. The number of thiophene rings is 1. The Kier molecular flexibility index (Phi) is 5.12. The van der Waals surface area contributed by atoms with E-state index in [1.165, 1.54) is 0 Å². The van der Waals surface area contributed by atoms with Crippen LogP contribution >= 0.6 is 11.3 Å². The Hall–Kier alpha value is -2.45. The van der Waals surface area contributed by atoms with Crippen molar-refractivity contribution < 1.29 is 14.2 Å². The van der Waals surface area contributed by atoms with Crippen molar-refractivity contribution in [3.63, 3.8) is 0 Å². The molecule has 8 heteroatoms. The molecule has 2 aromatic heterocycles. The molecule has 7 nitrogen and oxygen atoms in total. The highest BCUT2D eigenvalue weighted by atomic mass is 32.1. The number of fused-ring (bicyclic) bond motifs is 1. The van der Waals surface area contributed by atoms with E-state index >= 15 is 0 Å². The number of amides is 2. The summed E-state index contributed by atoms with van der Waals surface area (Å²) in [6.45, 7) is 2.40. The second-order valence-electron chi connectivity index (χ2n) is 6.39. The van der Waals surface area contributed by atoms with Gasteiger partial charge >= 0.3 is 6.03 Å². The molecule has 1 fully saturated rings. The Bertz CT molecular complexity index is 858. The summed E-state index contributed by atoms with van der Waals surface area (Å²) < 4.78 is 10.4. The molecule has 1 aromatic carbocycles. The number of benzene rings is 1. The fourth-order valence-corrected chi connectivity index (χ4v) is 3.74. The van der Waals surface area contributed by atoms with Crippen LogP contribution in [0.15, 0.2) is 39.7 Å². The molecule has 1 saturated heterocycles. The molecule has 4 rings (SSSR count). The van der Waals surface area contributed by atoms with Crippen molar-refractivity contribution in [2.24, 2.45) is 0 Å². The first kappa shape index (κ1) is 17.0. The lowest BCUT2D eigenvalue weighted by molar-refractivity contribution is 0.0794. The van der Waals surface area contributed by atoms with Gasteiger partial charge in [0.15, 0.2) is 0 Å². The van der Waals surface area contributed by atoms with Gasteiger partial charge in [-0.3, -0.25) is 0 Å². The maximum absolute atomic E-state index is 12.8. The standard InChI is InChI=1S/C18H20N4O3S/c23-18(19-9-13-3-4-16-17(8-13)21-25-20-16)22(10-14-5-7-26-12-14)11-15-2-1-6-24-15/h3-5,7-8,12,15H,1-2,6,9-11H2,(H,19,23). The number of aromatic nitrogens is 2. The minimum atomic E-state index is -0.0925. The topological polar surface area (TPSA) is 80.5 Å². The fraction of sp³-hybridized carbons (Fsp3) is 0.389. The first-order chi connectivity index (χ1) is 12.8. The van der Waals surface area contributed by atoms with Crippen molar-refractivity contribution in [2.45, 2.75) is 32.0 Å². The van der Waals surface area contributed by atoms with Crippen LogP contribution in [0.2, 0.25) is 0 Å². The third-order valence-corrected chi connectivity index (χ3v) is 5.18. The number of urea groups is 1. The van der Waals surface area contributed by atoms with Crippen molar-refractivity contribution in [3.05, 3.63) is 46.2 Å². The van der Waals surface area contributed by atoms with Crippen molar-refractivity contribution >= 4 is 28.4 Å². The summed E-state index contributed by atoms with van der Waals surface area (Å²) >= 11 is 1.64. The molecule has 3 heterocycles. The molecule has 0 spiro atoms. The smallest absolute Gasteiger partial charge is 0.318 e. The molecule has 3 aromatic rings. The van der Waals surface area contributed by atoms with Gasteiger partial charge in [0, 0.05) is 26.2 Å². The van der Waals surface area contributed by atoms with Crippen LogP contribution in [0.25, 0.3) is 11.0 Å². The number of hydrogen-bond donors (Lipinski definition) is 1. The van der Waals surface area contributed by atoms with Crippen molar-refractivity contribution in [1.29, 1.82) is 0 Å². The highest BCUT2D eigenvalue weighted by molar-refractivity contribution is 7.07. The third kappa shape index (κ3) is 4.03. The van der Waals surface area contributed by atoms with E-state index in [1.807, 2.05) is 34.5 Å². The van der Waals surface area contributed by atoms with E-state index in [0.717, 1.165) is 30.6 Å². The number of carbonyl (C=O) groups excluding carboxylic acids is 1. The molecule has 0 saturated carbocycles. The third-order valence-electron chi connectivity index (χ3n) is 4.45. The number of carbonyl (C=O) groups is 1. The van der Waals surface area contributed by atoms with E-state index in [1.54, 1.807) is 11.3 Å². The van der Waals surface area contributed by atoms with Gasteiger partial charge in [-0.2, -0.15) is 11.3 Å². The van der Waals surface area contributed by atoms with E-state index < -0.39 is 0 Å². The van der Waals surface area contributed by atoms with Gasteiger partial charge in [-0.1, -0.05) is 6.07 Å². The molecule has 1 aliphatic rings. The van der Waals surface area contributed by atoms with Gasteiger partial charge in [-0.05, 0) is 63.2 Å². The van der Waals surface area contributed by atoms with Crippen molar-refractivity contribution in [2.75, 3.05) is 13.2 Å². The van der Waals surface area contributed by atoms with Crippen LogP contribution in [0, 0.1) is 0 Å². The molecule has 1 N–H and O–H groups in total. The van der Waals surface area contributed by atoms with E-state index in [4.69, 9.17) is 9.37 Å². The quantitative estimate of drug-likeness (QED) is 0.719. The van der Waals surface area contributed by atoms with Crippen LogP contribution < -0.4 is 5.32 Å². The first-order valence-electron chi connectivity index (χ1n) is 8.64. The van der Waals surface area contributed by atoms with Crippen molar-refractivity contribution in [3.8, 4) is 0 Å². The first-order valence-corrected chi connectivity index (χ1v) is 9.59. The molecule has 136 valence electrons. The van der Waals surface area contributed by atoms with Gasteiger partial charge in [0.2, 0.25) is 0 Å². The molecule has 1 atom stereocenters. The summed E-state index contributed by atoms with van der Waals surface area (Å²) in [5.41, 5.74) is 3.48. The largest absolute Gasteiger partial charge is 0.376 e. The number of hydrogen-bond acceptors (Lipinski definition) is 6. The van der Waals surface area contributed by atoms with Crippen LogP contribution in [0.1, 0.15) is 24.0 Å². The molecule has 1 aliphatic heterocycles.